The minimum absolute atomic E-state index is 0.0453. The molecule has 0 saturated heterocycles. The number of benzene rings is 1. The van der Waals surface area contributed by atoms with Crippen molar-refractivity contribution in [3.8, 4) is 0 Å². The second-order valence-electron chi connectivity index (χ2n) is 4.99. The Kier molecular flexibility index (Phi) is 3.48. The first-order valence-electron chi connectivity index (χ1n) is 6.82. The van der Waals surface area contributed by atoms with Gasteiger partial charge in [0.25, 0.3) is 0 Å². The molecule has 0 aliphatic heterocycles. The number of pyridine rings is 1. The molecule has 3 rings (SSSR count). The highest BCUT2D eigenvalue weighted by Gasteiger charge is 2.11. The van der Waals surface area contributed by atoms with Crippen molar-refractivity contribution < 1.29 is 0 Å². The minimum Gasteiger partial charge on any atom is -0.324 e. The van der Waals surface area contributed by atoms with Crippen LogP contribution in [0.1, 0.15) is 23.9 Å². The van der Waals surface area contributed by atoms with E-state index in [1.165, 1.54) is 5.56 Å². The van der Waals surface area contributed by atoms with Gasteiger partial charge >= 0.3 is 0 Å². The third kappa shape index (κ3) is 2.42. The average Bonchev–Trinajstić information content (AvgIpc) is 2.83. The lowest BCUT2D eigenvalue weighted by molar-refractivity contribution is 0.623. The molecular weight excluding hydrogens is 248 g/mol. The molecule has 2 aromatic heterocycles. The number of aromatic nitrogens is 3. The SMILES string of the molecule is Cn1c(CCC(N)c2ccccc2)nc2cccnc21. The van der Waals surface area contributed by atoms with Gasteiger partial charge in [0.1, 0.15) is 11.3 Å². The Hall–Kier alpha value is -2.20. The van der Waals surface area contributed by atoms with Crippen LogP contribution in [0.3, 0.4) is 0 Å². The van der Waals surface area contributed by atoms with E-state index in [0.717, 1.165) is 29.8 Å². The van der Waals surface area contributed by atoms with Gasteiger partial charge in [0.2, 0.25) is 0 Å². The molecule has 0 bridgehead atoms. The topological polar surface area (TPSA) is 56.7 Å². The van der Waals surface area contributed by atoms with Gasteiger partial charge in [-0.15, -0.1) is 0 Å². The number of nitrogens with zero attached hydrogens (tertiary/aromatic N) is 3. The number of hydrogen-bond donors (Lipinski definition) is 1. The minimum atomic E-state index is 0.0453. The lowest BCUT2D eigenvalue weighted by atomic mass is 10.0. The molecule has 20 heavy (non-hydrogen) atoms. The van der Waals surface area contributed by atoms with Crippen molar-refractivity contribution in [2.24, 2.45) is 12.8 Å². The van der Waals surface area contributed by atoms with Crippen LogP contribution in [0.15, 0.2) is 48.7 Å². The van der Waals surface area contributed by atoms with E-state index >= 15 is 0 Å². The van der Waals surface area contributed by atoms with Crippen LogP contribution < -0.4 is 5.73 Å². The second kappa shape index (κ2) is 5.43. The average molecular weight is 266 g/mol. The van der Waals surface area contributed by atoms with Crippen LogP contribution in [0.25, 0.3) is 11.2 Å². The summed E-state index contributed by atoms with van der Waals surface area (Å²) < 4.78 is 2.05. The zero-order chi connectivity index (χ0) is 13.9. The van der Waals surface area contributed by atoms with Crippen LogP contribution in [0.2, 0.25) is 0 Å². The molecule has 0 radical (unpaired) electrons. The van der Waals surface area contributed by atoms with Crippen molar-refractivity contribution in [2.75, 3.05) is 0 Å². The highest BCUT2D eigenvalue weighted by atomic mass is 15.1. The second-order valence-corrected chi connectivity index (χ2v) is 4.99. The third-order valence-corrected chi connectivity index (χ3v) is 3.63. The predicted octanol–water partition coefficient (Wildman–Crippen LogP) is 2.60. The maximum atomic E-state index is 6.23. The molecule has 1 unspecified atom stereocenters. The van der Waals surface area contributed by atoms with Crippen LogP contribution >= 0.6 is 0 Å². The first kappa shape index (κ1) is 12.8. The molecule has 1 aromatic carbocycles. The number of hydrogen-bond acceptors (Lipinski definition) is 3. The molecule has 0 saturated carbocycles. The fourth-order valence-electron chi connectivity index (χ4n) is 2.45. The standard InChI is InChI=1S/C16H18N4/c1-20-15(19-14-8-5-11-18-16(14)20)10-9-13(17)12-6-3-2-4-7-12/h2-8,11,13H,9-10,17H2,1H3. The van der Waals surface area contributed by atoms with Crippen LogP contribution in [-0.2, 0) is 13.5 Å². The van der Waals surface area contributed by atoms with E-state index in [4.69, 9.17) is 5.73 Å². The third-order valence-electron chi connectivity index (χ3n) is 3.63. The van der Waals surface area contributed by atoms with Gasteiger partial charge in [0.05, 0.1) is 0 Å². The number of fused-ring (bicyclic) bond motifs is 1. The first-order chi connectivity index (χ1) is 9.75. The fourth-order valence-corrected chi connectivity index (χ4v) is 2.45. The Morgan fingerprint density at radius 3 is 2.70 bits per heavy atom. The highest BCUT2D eigenvalue weighted by Crippen LogP contribution is 2.18. The van der Waals surface area contributed by atoms with E-state index in [0.29, 0.717) is 0 Å². The summed E-state index contributed by atoms with van der Waals surface area (Å²) in [6.45, 7) is 0. The highest BCUT2D eigenvalue weighted by molar-refractivity contribution is 5.70. The quantitative estimate of drug-likeness (QED) is 0.789. The van der Waals surface area contributed by atoms with Crippen LogP contribution in [-0.4, -0.2) is 14.5 Å². The van der Waals surface area contributed by atoms with E-state index in [1.54, 1.807) is 6.20 Å². The van der Waals surface area contributed by atoms with Gasteiger partial charge in [-0.2, -0.15) is 0 Å². The van der Waals surface area contributed by atoms with Gasteiger partial charge < -0.3 is 10.3 Å². The van der Waals surface area contributed by atoms with E-state index in [2.05, 4.69) is 22.1 Å². The molecule has 1 atom stereocenters. The van der Waals surface area contributed by atoms with E-state index in [9.17, 15) is 0 Å². The van der Waals surface area contributed by atoms with Gasteiger partial charge in [-0.3, -0.25) is 0 Å². The summed E-state index contributed by atoms with van der Waals surface area (Å²) in [5.41, 5.74) is 9.27. The summed E-state index contributed by atoms with van der Waals surface area (Å²) in [6, 6.07) is 14.1. The van der Waals surface area contributed by atoms with E-state index in [-0.39, 0.29) is 6.04 Å². The largest absolute Gasteiger partial charge is 0.324 e. The first-order valence-corrected chi connectivity index (χ1v) is 6.82. The molecule has 0 fully saturated rings. The lowest BCUT2D eigenvalue weighted by Crippen LogP contribution is -2.12. The molecule has 2 N–H and O–H groups in total. The van der Waals surface area contributed by atoms with E-state index < -0.39 is 0 Å². The van der Waals surface area contributed by atoms with Crippen LogP contribution in [0, 0.1) is 0 Å². The van der Waals surface area contributed by atoms with Gasteiger partial charge in [0.15, 0.2) is 5.65 Å². The van der Waals surface area contributed by atoms with E-state index in [1.807, 2.05) is 41.9 Å². The predicted molar refractivity (Wildman–Crippen MR) is 80.2 cm³/mol. The van der Waals surface area contributed by atoms with Gasteiger partial charge in [-0.25, -0.2) is 9.97 Å². The van der Waals surface area contributed by atoms with Crippen molar-refractivity contribution in [1.29, 1.82) is 0 Å². The van der Waals surface area contributed by atoms with Gasteiger partial charge in [-0.1, -0.05) is 30.3 Å². The Bertz CT molecular complexity index is 703. The van der Waals surface area contributed by atoms with Crippen molar-refractivity contribution >= 4 is 11.2 Å². The monoisotopic (exact) mass is 266 g/mol. The van der Waals surface area contributed by atoms with Crippen LogP contribution in [0.4, 0.5) is 0 Å². The molecular formula is C16H18N4. The van der Waals surface area contributed by atoms with Crippen molar-refractivity contribution in [2.45, 2.75) is 18.9 Å². The Labute approximate surface area is 118 Å². The molecule has 0 spiro atoms. The summed E-state index contributed by atoms with van der Waals surface area (Å²) in [4.78, 5) is 8.98. The Morgan fingerprint density at radius 2 is 1.95 bits per heavy atom. The molecule has 4 heteroatoms. The molecule has 0 aliphatic carbocycles. The summed E-state index contributed by atoms with van der Waals surface area (Å²) in [6.07, 6.45) is 3.52. The molecule has 3 aromatic rings. The van der Waals surface area contributed by atoms with Gasteiger partial charge in [-0.05, 0) is 24.1 Å². The molecule has 2 heterocycles. The number of aryl methyl sites for hydroxylation is 2. The van der Waals surface area contributed by atoms with Crippen LogP contribution in [0.5, 0.6) is 0 Å². The Balaban J connectivity index is 1.76. The lowest BCUT2D eigenvalue weighted by Gasteiger charge is -2.11. The molecule has 0 amide bonds. The number of imidazole rings is 1. The summed E-state index contributed by atoms with van der Waals surface area (Å²) in [7, 11) is 2.01. The normalized spacial score (nSPS) is 12.7. The summed E-state index contributed by atoms with van der Waals surface area (Å²) in [5, 5.41) is 0. The molecule has 102 valence electrons. The summed E-state index contributed by atoms with van der Waals surface area (Å²) >= 11 is 0. The zero-order valence-electron chi connectivity index (χ0n) is 11.5. The summed E-state index contributed by atoms with van der Waals surface area (Å²) in [5.74, 6) is 1.03. The number of rotatable bonds is 4. The van der Waals surface area contributed by atoms with Gasteiger partial charge in [0, 0.05) is 25.7 Å². The number of nitrogens with two attached hydrogens (primary N) is 1. The maximum Gasteiger partial charge on any atom is 0.159 e. The zero-order valence-corrected chi connectivity index (χ0v) is 11.5. The fraction of sp³-hybridized carbons (Fsp3) is 0.250. The van der Waals surface area contributed by atoms with Crippen molar-refractivity contribution in [3.63, 3.8) is 0 Å². The van der Waals surface area contributed by atoms with Crippen molar-refractivity contribution in [1.82, 2.24) is 14.5 Å². The van der Waals surface area contributed by atoms with Crippen molar-refractivity contribution in [3.05, 3.63) is 60.0 Å². The molecule has 0 aliphatic rings. The maximum absolute atomic E-state index is 6.23. The molecule has 4 nitrogen and oxygen atoms in total. The Morgan fingerprint density at radius 1 is 1.15 bits per heavy atom. The smallest absolute Gasteiger partial charge is 0.159 e.